The van der Waals surface area contributed by atoms with E-state index in [1.807, 2.05) is 18.2 Å². The third kappa shape index (κ3) is 6.47. The Hall–Kier alpha value is -4.07. The van der Waals surface area contributed by atoms with Gasteiger partial charge in [-0.25, -0.2) is 18.2 Å². The van der Waals surface area contributed by atoms with Crippen LogP contribution in [0.1, 0.15) is 31.3 Å². The van der Waals surface area contributed by atoms with Gasteiger partial charge in [0.2, 0.25) is 9.84 Å². The van der Waals surface area contributed by atoms with Gasteiger partial charge in [0.1, 0.15) is 23.7 Å². The van der Waals surface area contributed by atoms with Crippen molar-refractivity contribution in [1.29, 1.82) is 0 Å². The number of hydrogen-bond acceptors (Lipinski definition) is 10. The number of nitrogens with two attached hydrogens (primary N) is 1. The van der Waals surface area contributed by atoms with Crippen molar-refractivity contribution in [2.24, 2.45) is 5.73 Å². The van der Waals surface area contributed by atoms with Crippen molar-refractivity contribution < 1.29 is 32.6 Å². The van der Waals surface area contributed by atoms with Crippen LogP contribution in [-0.4, -0.2) is 54.8 Å². The topological polar surface area (TPSA) is 162 Å². The lowest BCUT2D eigenvalue weighted by atomic mass is 10.1. The molecule has 0 fully saturated rings. The van der Waals surface area contributed by atoms with E-state index < -0.39 is 38.9 Å². The Morgan fingerprint density at radius 3 is 2.49 bits per heavy atom. The molecule has 0 bridgehead atoms. The van der Waals surface area contributed by atoms with E-state index in [-0.39, 0.29) is 22.8 Å². The van der Waals surface area contributed by atoms with Gasteiger partial charge < -0.3 is 20.3 Å². The zero-order valence-corrected chi connectivity index (χ0v) is 24.5. The van der Waals surface area contributed by atoms with E-state index in [9.17, 15) is 23.1 Å². The van der Waals surface area contributed by atoms with Crippen molar-refractivity contribution >= 4 is 49.1 Å². The molecule has 0 spiro atoms. The van der Waals surface area contributed by atoms with E-state index in [4.69, 9.17) is 15.2 Å². The van der Waals surface area contributed by atoms with Crippen LogP contribution in [-0.2, 0) is 30.7 Å². The molecular formula is C28H30N4O7S2. The van der Waals surface area contributed by atoms with Crippen LogP contribution in [0.3, 0.4) is 0 Å². The van der Waals surface area contributed by atoms with Crippen LogP contribution >= 0.6 is 11.3 Å². The SMILES string of the molecule is COc1ccc2cc(CC(N)(c3cccc(N(CC(=O)O)C(=O)OC(C)(C)C)n3)S(=O)(=O)c3cccnc3)sc2c1. The number of hydrogen-bond donors (Lipinski definition) is 2. The fraction of sp³-hybridized carbons (Fsp3) is 0.286. The van der Waals surface area contributed by atoms with Crippen molar-refractivity contribution in [2.75, 3.05) is 18.6 Å². The van der Waals surface area contributed by atoms with Gasteiger partial charge >= 0.3 is 12.1 Å². The number of benzene rings is 1. The molecule has 4 rings (SSSR count). The zero-order valence-electron chi connectivity index (χ0n) is 22.9. The standard InChI is InChI=1S/C28H30N4O7S2/c1-27(2,3)39-26(35)32(17-25(33)34)24-9-5-8-23(31-24)28(29,41(36,37)21-7-6-12-30-16-21)15-20-13-18-10-11-19(38-4)14-22(18)40-20/h5-14,16H,15,17,29H2,1-4H3,(H,33,34). The minimum atomic E-state index is -4.33. The summed E-state index contributed by atoms with van der Waals surface area (Å²) in [6.45, 7) is 4.15. The Morgan fingerprint density at radius 1 is 1.10 bits per heavy atom. The number of anilines is 1. The van der Waals surface area contributed by atoms with Gasteiger partial charge in [-0.3, -0.25) is 14.7 Å². The summed E-state index contributed by atoms with van der Waals surface area (Å²) in [7, 11) is -2.77. The highest BCUT2D eigenvalue weighted by Crippen LogP contribution is 2.38. The summed E-state index contributed by atoms with van der Waals surface area (Å²) < 4.78 is 39.8. The summed E-state index contributed by atoms with van der Waals surface area (Å²) in [5, 5.41) is 10.4. The van der Waals surface area contributed by atoms with Gasteiger partial charge in [-0.1, -0.05) is 6.07 Å². The summed E-state index contributed by atoms with van der Waals surface area (Å²) in [6, 6.07) is 14.5. The van der Waals surface area contributed by atoms with Crippen molar-refractivity contribution in [3.8, 4) is 5.75 Å². The largest absolute Gasteiger partial charge is 0.497 e. The van der Waals surface area contributed by atoms with E-state index in [2.05, 4.69) is 9.97 Å². The molecule has 13 heteroatoms. The van der Waals surface area contributed by atoms with E-state index in [1.165, 1.54) is 54.1 Å². The Kier molecular flexibility index (Phi) is 8.34. The minimum absolute atomic E-state index is 0.0900. The molecule has 216 valence electrons. The van der Waals surface area contributed by atoms with Crippen molar-refractivity contribution in [3.63, 3.8) is 0 Å². The number of pyridine rings is 2. The van der Waals surface area contributed by atoms with Crippen LogP contribution in [0.4, 0.5) is 10.6 Å². The first kappa shape index (κ1) is 29.9. The molecule has 0 aliphatic rings. The third-order valence-electron chi connectivity index (χ3n) is 5.99. The monoisotopic (exact) mass is 598 g/mol. The van der Waals surface area contributed by atoms with E-state index in [1.54, 1.807) is 33.9 Å². The molecule has 41 heavy (non-hydrogen) atoms. The number of carboxylic acid groups (broad SMARTS) is 1. The van der Waals surface area contributed by atoms with Gasteiger partial charge in [-0.05, 0) is 74.7 Å². The number of aliphatic carboxylic acids is 1. The van der Waals surface area contributed by atoms with E-state index in [0.717, 1.165) is 15.0 Å². The molecular weight excluding hydrogens is 568 g/mol. The summed E-state index contributed by atoms with van der Waals surface area (Å²) >= 11 is 1.36. The molecule has 1 aromatic carbocycles. The average Bonchev–Trinajstić information content (AvgIpc) is 3.32. The number of fused-ring (bicyclic) bond motifs is 1. The molecule has 4 aromatic rings. The molecule has 11 nitrogen and oxygen atoms in total. The van der Waals surface area contributed by atoms with Gasteiger partial charge in [0.05, 0.1) is 17.7 Å². The normalized spacial score (nSPS) is 13.4. The number of thiophene rings is 1. The van der Waals surface area contributed by atoms with Crippen LogP contribution < -0.4 is 15.4 Å². The number of nitrogens with zero attached hydrogens (tertiary/aromatic N) is 3. The van der Waals surface area contributed by atoms with Crippen LogP contribution in [0.25, 0.3) is 10.1 Å². The van der Waals surface area contributed by atoms with Crippen LogP contribution in [0.2, 0.25) is 0 Å². The molecule has 0 saturated carbocycles. The van der Waals surface area contributed by atoms with Gasteiger partial charge in [-0.2, -0.15) is 0 Å². The fourth-order valence-corrected chi connectivity index (χ4v) is 6.97. The first-order chi connectivity index (χ1) is 19.2. The van der Waals surface area contributed by atoms with Gasteiger partial charge in [-0.15, -0.1) is 11.3 Å². The number of ether oxygens (including phenoxy) is 2. The predicted molar refractivity (Wildman–Crippen MR) is 155 cm³/mol. The van der Waals surface area contributed by atoms with Crippen molar-refractivity contribution in [2.45, 2.75) is 42.6 Å². The smallest absolute Gasteiger partial charge is 0.416 e. The molecule has 0 saturated heterocycles. The maximum Gasteiger partial charge on any atom is 0.416 e. The molecule has 3 heterocycles. The summed E-state index contributed by atoms with van der Waals surface area (Å²) in [5.74, 6) is -0.787. The number of carboxylic acids is 1. The lowest BCUT2D eigenvalue weighted by Gasteiger charge is -2.30. The molecule has 1 atom stereocenters. The highest BCUT2D eigenvalue weighted by atomic mass is 32.2. The number of amides is 1. The number of methoxy groups -OCH3 is 1. The lowest BCUT2D eigenvalue weighted by Crippen LogP contribution is -2.48. The van der Waals surface area contributed by atoms with Crippen LogP contribution in [0.5, 0.6) is 5.75 Å². The van der Waals surface area contributed by atoms with Gasteiger partial charge in [0.15, 0.2) is 4.87 Å². The Balaban J connectivity index is 1.86. The molecule has 0 radical (unpaired) electrons. The van der Waals surface area contributed by atoms with Gasteiger partial charge in [0, 0.05) is 28.4 Å². The number of rotatable bonds is 9. The molecule has 1 unspecified atom stereocenters. The quantitative estimate of drug-likeness (QED) is 0.283. The van der Waals surface area contributed by atoms with Crippen LogP contribution in [0, 0.1) is 0 Å². The highest BCUT2D eigenvalue weighted by molar-refractivity contribution is 7.92. The first-order valence-corrected chi connectivity index (χ1v) is 14.7. The summed E-state index contributed by atoms with van der Waals surface area (Å²) in [6.07, 6.45) is 1.52. The highest BCUT2D eigenvalue weighted by Gasteiger charge is 2.45. The van der Waals surface area contributed by atoms with Crippen molar-refractivity contribution in [3.05, 3.63) is 77.6 Å². The van der Waals surface area contributed by atoms with E-state index >= 15 is 0 Å². The first-order valence-electron chi connectivity index (χ1n) is 12.4. The molecule has 0 aliphatic carbocycles. The average molecular weight is 599 g/mol. The third-order valence-corrected chi connectivity index (χ3v) is 9.26. The van der Waals surface area contributed by atoms with Gasteiger partial charge in [0.25, 0.3) is 0 Å². The van der Waals surface area contributed by atoms with E-state index in [0.29, 0.717) is 10.6 Å². The predicted octanol–water partition coefficient (Wildman–Crippen LogP) is 4.35. The number of aromatic nitrogens is 2. The maximum atomic E-state index is 14.1. The van der Waals surface area contributed by atoms with Crippen molar-refractivity contribution in [1.82, 2.24) is 9.97 Å². The molecule has 1 amide bonds. The Morgan fingerprint density at radius 2 is 1.85 bits per heavy atom. The molecule has 0 aliphatic heterocycles. The second-order valence-electron chi connectivity index (χ2n) is 10.2. The fourth-order valence-electron chi connectivity index (χ4n) is 4.08. The Bertz CT molecular complexity index is 1680. The lowest BCUT2D eigenvalue weighted by molar-refractivity contribution is -0.135. The maximum absolute atomic E-state index is 14.1. The minimum Gasteiger partial charge on any atom is -0.497 e. The summed E-state index contributed by atoms with van der Waals surface area (Å²) in [4.78, 5) is 32.2. The molecule has 3 aromatic heterocycles. The zero-order chi connectivity index (χ0) is 30.0. The second-order valence-corrected chi connectivity index (χ2v) is 13.6. The summed E-state index contributed by atoms with van der Waals surface area (Å²) in [5.41, 5.74) is 5.83. The number of carbonyl (C=O) groups excluding carboxylic acids is 1. The second kappa shape index (κ2) is 11.4. The number of sulfone groups is 1. The Labute approximate surface area is 241 Å². The number of carbonyl (C=O) groups is 2. The van der Waals surface area contributed by atoms with Crippen LogP contribution in [0.15, 0.2) is 71.9 Å². The molecule has 3 N–H and O–H groups in total.